The summed E-state index contributed by atoms with van der Waals surface area (Å²) in [5, 5.41) is 0. The molecule has 0 saturated heterocycles. The SMILES string of the molecule is COC(=O)C(c1ccc(C)cc1)c1cc(-c2ccc(C)cc2)c2cccccc1-2. The van der Waals surface area contributed by atoms with E-state index < -0.39 is 5.92 Å². The Morgan fingerprint density at radius 1 is 0.724 bits per heavy atom. The van der Waals surface area contributed by atoms with Gasteiger partial charge in [-0.2, -0.15) is 0 Å². The smallest absolute Gasteiger partial charge is 0.317 e. The number of carbonyl (C=O) groups is 1. The first-order valence-electron chi connectivity index (χ1n) is 9.81. The van der Waals surface area contributed by atoms with E-state index in [1.807, 2.05) is 49.4 Å². The van der Waals surface area contributed by atoms with Gasteiger partial charge in [0, 0.05) is 0 Å². The number of rotatable bonds is 4. The van der Waals surface area contributed by atoms with E-state index in [1.54, 1.807) is 0 Å². The minimum atomic E-state index is -0.468. The molecule has 0 aliphatic heterocycles. The van der Waals surface area contributed by atoms with E-state index in [0.717, 1.165) is 38.9 Å². The molecule has 0 bridgehead atoms. The summed E-state index contributed by atoms with van der Waals surface area (Å²) in [6.45, 7) is 4.13. The predicted molar refractivity (Wildman–Crippen MR) is 118 cm³/mol. The van der Waals surface area contributed by atoms with E-state index in [1.165, 1.54) is 12.7 Å². The van der Waals surface area contributed by atoms with Gasteiger partial charge in [-0.1, -0.05) is 90.0 Å². The second-order valence-corrected chi connectivity index (χ2v) is 7.48. The number of hydrogen-bond acceptors (Lipinski definition) is 2. The zero-order chi connectivity index (χ0) is 20.4. The van der Waals surface area contributed by atoms with Crippen LogP contribution in [0, 0.1) is 13.8 Å². The van der Waals surface area contributed by atoms with Crippen LogP contribution >= 0.6 is 0 Å². The lowest BCUT2D eigenvalue weighted by Gasteiger charge is -2.16. The molecule has 0 fully saturated rings. The van der Waals surface area contributed by atoms with Crippen molar-refractivity contribution in [3.63, 3.8) is 0 Å². The molecule has 0 N–H and O–H groups in total. The molecule has 2 nitrogen and oxygen atoms in total. The summed E-state index contributed by atoms with van der Waals surface area (Å²) in [5.41, 5.74) is 8.78. The first kappa shape index (κ1) is 18.9. The summed E-state index contributed by atoms with van der Waals surface area (Å²) < 4.78 is 5.22. The van der Waals surface area contributed by atoms with Crippen LogP contribution in [0.1, 0.15) is 28.2 Å². The molecule has 0 saturated carbocycles. The van der Waals surface area contributed by atoms with Gasteiger partial charge in [-0.05, 0) is 53.3 Å². The summed E-state index contributed by atoms with van der Waals surface area (Å²) in [5.74, 6) is -0.715. The highest BCUT2D eigenvalue weighted by molar-refractivity contribution is 5.94. The molecule has 1 unspecified atom stereocenters. The van der Waals surface area contributed by atoms with Crippen molar-refractivity contribution in [1.29, 1.82) is 0 Å². The number of ether oxygens (including phenoxy) is 1. The van der Waals surface area contributed by atoms with Crippen molar-refractivity contribution in [2.24, 2.45) is 0 Å². The van der Waals surface area contributed by atoms with Crippen molar-refractivity contribution < 1.29 is 9.53 Å². The molecule has 2 heteroatoms. The first-order valence-corrected chi connectivity index (χ1v) is 9.81. The van der Waals surface area contributed by atoms with Crippen LogP contribution in [0.5, 0.6) is 0 Å². The van der Waals surface area contributed by atoms with E-state index in [9.17, 15) is 4.79 Å². The molecule has 4 rings (SSSR count). The van der Waals surface area contributed by atoms with Gasteiger partial charge in [0.15, 0.2) is 0 Å². The molecule has 2 aliphatic carbocycles. The van der Waals surface area contributed by atoms with E-state index in [4.69, 9.17) is 4.74 Å². The molecule has 0 aromatic heterocycles. The Morgan fingerprint density at radius 3 is 1.93 bits per heavy atom. The third kappa shape index (κ3) is 3.66. The zero-order valence-electron chi connectivity index (χ0n) is 17.0. The van der Waals surface area contributed by atoms with Crippen LogP contribution in [-0.2, 0) is 9.53 Å². The Balaban J connectivity index is 1.95. The van der Waals surface area contributed by atoms with Crippen molar-refractivity contribution >= 4 is 5.97 Å². The molecule has 0 spiro atoms. The predicted octanol–water partition coefficient (Wildman–Crippen LogP) is 6.38. The van der Waals surface area contributed by atoms with Gasteiger partial charge in [0.1, 0.15) is 5.92 Å². The molecular weight excluding hydrogens is 356 g/mol. The van der Waals surface area contributed by atoms with Gasteiger partial charge in [0.05, 0.1) is 7.11 Å². The maximum atomic E-state index is 12.9. The van der Waals surface area contributed by atoms with Gasteiger partial charge in [-0.15, -0.1) is 0 Å². The van der Waals surface area contributed by atoms with Crippen LogP contribution in [-0.4, -0.2) is 13.1 Å². The van der Waals surface area contributed by atoms with Crippen molar-refractivity contribution in [2.45, 2.75) is 19.8 Å². The molecule has 2 aromatic rings. The molecule has 2 aromatic carbocycles. The van der Waals surface area contributed by atoms with E-state index >= 15 is 0 Å². The molecule has 0 amide bonds. The maximum Gasteiger partial charge on any atom is 0.317 e. The molecule has 2 aliphatic rings. The van der Waals surface area contributed by atoms with Gasteiger partial charge in [0.25, 0.3) is 0 Å². The van der Waals surface area contributed by atoms with Crippen LogP contribution in [0.4, 0.5) is 0 Å². The van der Waals surface area contributed by atoms with E-state index in [0.29, 0.717) is 0 Å². The van der Waals surface area contributed by atoms with Gasteiger partial charge in [0.2, 0.25) is 0 Å². The monoisotopic (exact) mass is 380 g/mol. The van der Waals surface area contributed by atoms with Crippen LogP contribution in [0.2, 0.25) is 0 Å². The van der Waals surface area contributed by atoms with Gasteiger partial charge in [-0.3, -0.25) is 4.79 Å². The number of fused-ring (bicyclic) bond motifs is 1. The van der Waals surface area contributed by atoms with Crippen molar-refractivity contribution in [3.05, 3.63) is 107 Å². The normalized spacial score (nSPS) is 12.0. The molecule has 144 valence electrons. The highest BCUT2D eigenvalue weighted by atomic mass is 16.5. The lowest BCUT2D eigenvalue weighted by Crippen LogP contribution is -2.15. The highest BCUT2D eigenvalue weighted by Gasteiger charge is 2.29. The molecule has 0 heterocycles. The van der Waals surface area contributed by atoms with Crippen LogP contribution < -0.4 is 0 Å². The molecule has 29 heavy (non-hydrogen) atoms. The fourth-order valence-electron chi connectivity index (χ4n) is 3.88. The fraction of sp³-hybridized carbons (Fsp3) is 0.148. The zero-order valence-corrected chi connectivity index (χ0v) is 17.0. The van der Waals surface area contributed by atoms with Crippen molar-refractivity contribution in [2.75, 3.05) is 7.11 Å². The quantitative estimate of drug-likeness (QED) is 0.384. The number of benzene rings is 2. The Morgan fingerprint density at radius 2 is 1.31 bits per heavy atom. The van der Waals surface area contributed by atoms with E-state index in [-0.39, 0.29) is 5.97 Å². The van der Waals surface area contributed by atoms with Gasteiger partial charge >= 0.3 is 5.97 Å². The summed E-state index contributed by atoms with van der Waals surface area (Å²) in [7, 11) is 1.45. The number of methoxy groups -OCH3 is 1. The average Bonchev–Trinajstić information content (AvgIpc) is 2.91. The van der Waals surface area contributed by atoms with Crippen LogP contribution in [0.25, 0.3) is 22.3 Å². The number of aryl methyl sites for hydroxylation is 2. The third-order valence-corrected chi connectivity index (χ3v) is 5.46. The van der Waals surface area contributed by atoms with Crippen LogP contribution in [0.15, 0.2) is 84.9 Å². The summed E-state index contributed by atoms with van der Waals surface area (Å²) in [4.78, 5) is 12.9. The molecule has 1 atom stereocenters. The number of hydrogen-bond donors (Lipinski definition) is 0. The second-order valence-electron chi connectivity index (χ2n) is 7.48. The lowest BCUT2D eigenvalue weighted by molar-refractivity contribution is -0.141. The minimum Gasteiger partial charge on any atom is -0.468 e. The van der Waals surface area contributed by atoms with E-state index in [2.05, 4.69) is 49.4 Å². The number of esters is 1. The Bertz CT molecular complexity index is 1110. The van der Waals surface area contributed by atoms with Crippen LogP contribution in [0.3, 0.4) is 0 Å². The molecule has 0 radical (unpaired) electrons. The fourth-order valence-corrected chi connectivity index (χ4v) is 3.88. The Labute approximate surface area is 172 Å². The summed E-state index contributed by atoms with van der Waals surface area (Å²) in [6.07, 6.45) is 0. The summed E-state index contributed by atoms with van der Waals surface area (Å²) >= 11 is 0. The topological polar surface area (TPSA) is 26.3 Å². The van der Waals surface area contributed by atoms with Crippen molar-refractivity contribution in [3.8, 4) is 22.3 Å². The Hall–Kier alpha value is -3.39. The van der Waals surface area contributed by atoms with Gasteiger partial charge in [-0.25, -0.2) is 0 Å². The first-order chi connectivity index (χ1) is 14.1. The average molecular weight is 380 g/mol. The Kier molecular flexibility index (Phi) is 5.18. The highest BCUT2D eigenvalue weighted by Crippen LogP contribution is 2.43. The molecular formula is C27H24O2. The van der Waals surface area contributed by atoms with Gasteiger partial charge < -0.3 is 4.74 Å². The standard InChI is InChI=1S/C27H24O2/c1-18-9-13-20(14-10-18)24-17-25(23-8-6-4-5-7-22(23)24)26(27(28)29-3)21-15-11-19(2)12-16-21/h4-17,26H,1-3H3. The summed E-state index contributed by atoms with van der Waals surface area (Å²) in [6, 6.07) is 29.1. The van der Waals surface area contributed by atoms with Crippen molar-refractivity contribution in [1.82, 2.24) is 0 Å². The minimum absolute atomic E-state index is 0.247. The lowest BCUT2D eigenvalue weighted by atomic mass is 9.89. The third-order valence-electron chi connectivity index (χ3n) is 5.46. The number of carbonyl (C=O) groups excluding carboxylic acids is 1. The second kappa shape index (κ2) is 7.92. The maximum absolute atomic E-state index is 12.9. The largest absolute Gasteiger partial charge is 0.468 e.